The summed E-state index contributed by atoms with van der Waals surface area (Å²) in [6.45, 7) is 8.36. The Hall–Kier alpha value is -3.51. The van der Waals surface area contributed by atoms with Crippen molar-refractivity contribution in [2.45, 2.75) is 49.6 Å². The molecule has 0 radical (unpaired) electrons. The van der Waals surface area contributed by atoms with Crippen LogP contribution in [0.4, 0.5) is 4.79 Å². The Morgan fingerprint density at radius 3 is 2.11 bits per heavy atom. The molecule has 13 heteroatoms. The highest BCUT2D eigenvalue weighted by atomic mass is 35.5. The second kappa shape index (κ2) is 14.5. The van der Waals surface area contributed by atoms with Crippen molar-refractivity contribution in [1.82, 2.24) is 14.9 Å². The van der Waals surface area contributed by atoms with Crippen molar-refractivity contribution in [2.24, 2.45) is 11.8 Å². The van der Waals surface area contributed by atoms with Gasteiger partial charge in [-0.3, -0.25) is 0 Å². The van der Waals surface area contributed by atoms with Gasteiger partial charge in [-0.2, -0.15) is 0 Å². The fraction of sp³-hybridized carbons (Fsp3) is 0.394. The molecule has 1 saturated heterocycles. The molecule has 2 amide bonds. The molecule has 2 unspecified atom stereocenters. The van der Waals surface area contributed by atoms with Crippen LogP contribution >= 0.6 is 24.0 Å². The third-order valence-electron chi connectivity index (χ3n) is 8.20. The maximum Gasteiger partial charge on any atom is 0.345 e. The van der Waals surface area contributed by atoms with Crippen LogP contribution in [0, 0.1) is 11.8 Å². The molecule has 3 aromatic carbocycles. The maximum atomic E-state index is 12.6. The summed E-state index contributed by atoms with van der Waals surface area (Å²) in [5.74, 6) is 0.702. The fourth-order valence-electron chi connectivity index (χ4n) is 5.55. The smallest absolute Gasteiger partial charge is 0.345 e. The van der Waals surface area contributed by atoms with Gasteiger partial charge in [0.2, 0.25) is 0 Å². The summed E-state index contributed by atoms with van der Waals surface area (Å²) in [6.07, 6.45) is -0.806. The number of carboxylic acids is 1. The van der Waals surface area contributed by atoms with Crippen LogP contribution in [0.25, 0.3) is 0 Å². The fourth-order valence-corrected chi connectivity index (χ4v) is 6.65. The molecule has 2 fully saturated rings. The number of fused-ring (bicyclic) bond motifs is 1. The van der Waals surface area contributed by atoms with Crippen molar-refractivity contribution in [3.63, 3.8) is 0 Å². The van der Waals surface area contributed by atoms with E-state index >= 15 is 0 Å². The number of nitrogens with zero attached hydrogens (tertiary/aromatic N) is 1. The number of nitrogens with one attached hydrogen (secondary N) is 2. The van der Waals surface area contributed by atoms with E-state index in [0.717, 1.165) is 11.1 Å². The zero-order valence-electron chi connectivity index (χ0n) is 25.8. The van der Waals surface area contributed by atoms with Gasteiger partial charge in [-0.1, -0.05) is 56.6 Å². The molecule has 3 aromatic rings. The molecule has 0 aromatic heterocycles. The number of hydrogen-bond acceptors (Lipinski definition) is 7. The highest BCUT2D eigenvalue weighted by Crippen LogP contribution is 2.45. The van der Waals surface area contributed by atoms with Gasteiger partial charge in [0, 0.05) is 37.1 Å². The maximum absolute atomic E-state index is 12.6. The molecule has 2 aliphatic rings. The first kappa shape index (κ1) is 35.3. The van der Waals surface area contributed by atoms with Crippen LogP contribution < -0.4 is 19.5 Å². The second-order valence-electron chi connectivity index (χ2n) is 12.5. The summed E-state index contributed by atoms with van der Waals surface area (Å²) in [6, 6.07) is 20.1. The lowest BCUT2D eigenvalue weighted by molar-refractivity contribution is -0.145. The average molecular weight is 693 g/mol. The number of carbonyl (C=O) groups is 2. The van der Waals surface area contributed by atoms with Crippen molar-refractivity contribution in [3.8, 4) is 11.5 Å². The predicted octanol–water partition coefficient (Wildman–Crippen LogP) is 5.13. The molecule has 0 bridgehead atoms. The summed E-state index contributed by atoms with van der Waals surface area (Å²) < 4.78 is 38.8. The van der Waals surface area contributed by atoms with Crippen LogP contribution in [0.5, 0.6) is 11.5 Å². The van der Waals surface area contributed by atoms with Crippen LogP contribution in [0.3, 0.4) is 0 Å². The molecular formula is C33H39Cl2N3O7S. The number of carbonyl (C=O) groups excluding carboxylic acids is 1. The van der Waals surface area contributed by atoms with Gasteiger partial charge in [-0.15, -0.1) is 12.4 Å². The second-order valence-corrected chi connectivity index (χ2v) is 14.6. The summed E-state index contributed by atoms with van der Waals surface area (Å²) in [4.78, 5) is 25.9. The minimum absolute atomic E-state index is 0. The summed E-state index contributed by atoms with van der Waals surface area (Å²) in [5.41, 5.74) is 1.96. The van der Waals surface area contributed by atoms with E-state index in [1.807, 2.05) is 36.4 Å². The van der Waals surface area contributed by atoms with Crippen molar-refractivity contribution in [2.75, 3.05) is 26.2 Å². The third-order valence-corrected chi connectivity index (χ3v) is 9.78. The molecule has 5 rings (SSSR count). The van der Waals surface area contributed by atoms with E-state index in [1.165, 1.54) is 29.2 Å². The Balaban J connectivity index is 0.00000480. The van der Waals surface area contributed by atoms with E-state index in [0.29, 0.717) is 42.8 Å². The van der Waals surface area contributed by atoms with Crippen molar-refractivity contribution in [1.29, 1.82) is 0 Å². The van der Waals surface area contributed by atoms with Gasteiger partial charge in [0.25, 0.3) is 10.0 Å². The summed E-state index contributed by atoms with van der Waals surface area (Å²) in [7, 11) is -3.97. The molecule has 1 aliphatic heterocycles. The largest absolute Gasteiger partial charge is 0.492 e. The number of rotatable bonds is 12. The van der Waals surface area contributed by atoms with Crippen LogP contribution in [0.2, 0.25) is 5.02 Å². The molecule has 4 atom stereocenters. The number of sulfonamides is 1. The standard InChI is InChI=1S/C33H38ClN3O7S.ClH/c1-33(2,3)22-6-12-25(13-7-22)44-29(31(38)39)18-21-4-10-24(11-5-21)43-17-16-35-30-27-19-37(20-28(27)30)32(40)36-45(41,42)26-14-8-23(34)9-15-26;/h4-15,27-30,35H,16-20H2,1-3H3,(H,36,40)(H,38,39);1H/t27-,28?,29-,30?;/m0./s1. The topological polar surface area (TPSA) is 134 Å². The van der Waals surface area contributed by atoms with E-state index in [-0.39, 0.29) is 47.0 Å². The molecule has 46 heavy (non-hydrogen) atoms. The van der Waals surface area contributed by atoms with Gasteiger partial charge in [0.05, 0.1) is 4.90 Å². The number of aliphatic carboxylic acids is 1. The number of carboxylic acid groups (broad SMARTS) is 1. The summed E-state index contributed by atoms with van der Waals surface area (Å²) in [5, 5.41) is 13.6. The van der Waals surface area contributed by atoms with E-state index in [1.54, 1.807) is 12.1 Å². The van der Waals surface area contributed by atoms with E-state index in [2.05, 4.69) is 30.8 Å². The van der Waals surface area contributed by atoms with Crippen LogP contribution in [0.1, 0.15) is 31.9 Å². The van der Waals surface area contributed by atoms with Gasteiger partial charge in [-0.05, 0) is 76.9 Å². The Morgan fingerprint density at radius 1 is 0.957 bits per heavy atom. The minimum Gasteiger partial charge on any atom is -0.492 e. The van der Waals surface area contributed by atoms with Gasteiger partial charge >= 0.3 is 12.0 Å². The number of hydrogen-bond donors (Lipinski definition) is 3. The molecule has 10 nitrogen and oxygen atoms in total. The first-order valence-electron chi connectivity index (χ1n) is 14.8. The molecule has 1 aliphatic carbocycles. The lowest BCUT2D eigenvalue weighted by Gasteiger charge is -2.21. The van der Waals surface area contributed by atoms with E-state index < -0.39 is 28.1 Å². The number of likely N-dealkylation sites (tertiary alicyclic amines) is 1. The van der Waals surface area contributed by atoms with Crippen LogP contribution in [-0.2, 0) is 26.7 Å². The van der Waals surface area contributed by atoms with Gasteiger partial charge < -0.3 is 24.8 Å². The normalized spacial score (nSPS) is 19.4. The molecule has 0 spiro atoms. The Morgan fingerprint density at radius 2 is 1.54 bits per heavy atom. The molecule has 1 heterocycles. The molecule has 1 saturated carbocycles. The average Bonchev–Trinajstić information content (AvgIpc) is 3.42. The Bertz CT molecular complexity index is 1600. The Kier molecular flexibility index (Phi) is 11.1. The van der Waals surface area contributed by atoms with Crippen LogP contribution in [0.15, 0.2) is 77.7 Å². The lowest BCUT2D eigenvalue weighted by atomic mass is 9.87. The monoisotopic (exact) mass is 691 g/mol. The lowest BCUT2D eigenvalue weighted by Crippen LogP contribution is -2.44. The summed E-state index contributed by atoms with van der Waals surface area (Å²) >= 11 is 5.82. The SMILES string of the molecule is CC(C)(C)c1ccc(O[C@@H](Cc2ccc(OCCNC3C4CN(C(=O)NS(=O)(=O)c5ccc(Cl)cc5)C[C@@H]43)cc2)C(=O)O)cc1.Cl. The first-order chi connectivity index (χ1) is 21.3. The molecule has 248 valence electrons. The highest BCUT2D eigenvalue weighted by Gasteiger charge is 2.56. The number of benzene rings is 3. The van der Waals surface area contributed by atoms with E-state index in [4.69, 9.17) is 21.1 Å². The van der Waals surface area contributed by atoms with Crippen molar-refractivity contribution in [3.05, 3.63) is 88.9 Å². The molecule has 3 N–H and O–H groups in total. The number of ether oxygens (including phenoxy) is 2. The number of urea groups is 1. The zero-order valence-corrected chi connectivity index (χ0v) is 28.2. The quantitative estimate of drug-likeness (QED) is 0.223. The van der Waals surface area contributed by atoms with Crippen molar-refractivity contribution >= 4 is 46.0 Å². The first-order valence-corrected chi connectivity index (χ1v) is 16.7. The predicted molar refractivity (Wildman–Crippen MR) is 178 cm³/mol. The minimum atomic E-state index is -3.97. The molecular weight excluding hydrogens is 653 g/mol. The van der Waals surface area contributed by atoms with Gasteiger partial charge in [-0.25, -0.2) is 22.7 Å². The highest BCUT2D eigenvalue weighted by molar-refractivity contribution is 7.90. The Labute approximate surface area is 280 Å². The van der Waals surface area contributed by atoms with Gasteiger partial charge in [0.15, 0.2) is 6.10 Å². The van der Waals surface area contributed by atoms with Crippen molar-refractivity contribution < 1.29 is 32.6 Å². The number of halogens is 2. The third kappa shape index (κ3) is 8.85. The number of amides is 2. The number of piperidine rings is 1. The zero-order chi connectivity index (χ0) is 32.4. The van der Waals surface area contributed by atoms with E-state index in [9.17, 15) is 23.1 Å². The van der Waals surface area contributed by atoms with Gasteiger partial charge in [0.1, 0.15) is 18.1 Å². The van der Waals surface area contributed by atoms with Crippen LogP contribution in [-0.4, -0.2) is 68.8 Å².